The van der Waals surface area contributed by atoms with E-state index in [1.165, 1.54) is 16.8 Å². The summed E-state index contributed by atoms with van der Waals surface area (Å²) in [6.45, 7) is 11.1. The maximum absolute atomic E-state index is 11.8. The Balaban J connectivity index is 1.87. The van der Waals surface area contributed by atoms with Crippen molar-refractivity contribution in [2.75, 3.05) is 51.2 Å². The zero-order valence-corrected chi connectivity index (χ0v) is 15.9. The highest BCUT2D eigenvalue weighted by Gasteiger charge is 2.21. The highest BCUT2D eigenvalue weighted by Crippen LogP contribution is 2.23. The smallest absolute Gasteiger partial charge is 0.239 e. The van der Waals surface area contributed by atoms with Crippen molar-refractivity contribution in [3.63, 3.8) is 0 Å². The van der Waals surface area contributed by atoms with Crippen molar-refractivity contribution in [2.45, 2.75) is 27.2 Å². The first-order valence-electron chi connectivity index (χ1n) is 9.10. The Hall–Kier alpha value is -2.24. The molecule has 0 aliphatic carbocycles. The summed E-state index contributed by atoms with van der Waals surface area (Å²) in [5, 5.41) is 6.04. The third-order valence-electron chi connectivity index (χ3n) is 4.69. The minimum atomic E-state index is 0.0111. The molecule has 25 heavy (non-hydrogen) atoms. The lowest BCUT2D eigenvalue weighted by Gasteiger charge is -2.38. The molecule has 0 spiro atoms. The van der Waals surface area contributed by atoms with E-state index >= 15 is 0 Å². The van der Waals surface area contributed by atoms with Crippen LogP contribution in [-0.4, -0.2) is 63.1 Å². The number of carbonyl (C=O) groups is 1. The number of hydrogen-bond donors (Lipinski definition) is 2. The summed E-state index contributed by atoms with van der Waals surface area (Å²) in [4.78, 5) is 20.7. The van der Waals surface area contributed by atoms with E-state index in [-0.39, 0.29) is 12.5 Å². The van der Waals surface area contributed by atoms with Crippen LogP contribution < -0.4 is 15.5 Å². The second-order valence-electron chi connectivity index (χ2n) is 6.44. The quantitative estimate of drug-likeness (QED) is 0.628. The zero-order chi connectivity index (χ0) is 18.2. The van der Waals surface area contributed by atoms with E-state index in [4.69, 9.17) is 0 Å². The molecule has 1 aromatic carbocycles. The van der Waals surface area contributed by atoms with E-state index < -0.39 is 0 Å². The maximum atomic E-state index is 11.8. The number of amides is 1. The average molecular weight is 345 g/mol. The van der Waals surface area contributed by atoms with Gasteiger partial charge in [-0.05, 0) is 37.5 Å². The van der Waals surface area contributed by atoms with Crippen molar-refractivity contribution in [2.24, 2.45) is 4.99 Å². The van der Waals surface area contributed by atoms with Crippen LogP contribution in [0.2, 0.25) is 0 Å². The lowest BCUT2D eigenvalue weighted by atomic mass is 10.1. The number of piperazine rings is 1. The number of guanidine groups is 1. The number of hydrogen-bond acceptors (Lipinski definition) is 3. The van der Waals surface area contributed by atoms with Crippen LogP contribution in [0.15, 0.2) is 23.2 Å². The largest absolute Gasteiger partial charge is 0.368 e. The van der Waals surface area contributed by atoms with E-state index in [2.05, 4.69) is 57.5 Å². The summed E-state index contributed by atoms with van der Waals surface area (Å²) in [7, 11) is 1.77. The molecular weight excluding hydrogens is 314 g/mol. The van der Waals surface area contributed by atoms with Crippen molar-refractivity contribution in [3.8, 4) is 0 Å². The Kier molecular flexibility index (Phi) is 7.10. The van der Waals surface area contributed by atoms with Gasteiger partial charge in [0.25, 0.3) is 0 Å². The average Bonchev–Trinajstić information content (AvgIpc) is 2.63. The van der Waals surface area contributed by atoms with Gasteiger partial charge < -0.3 is 20.4 Å². The van der Waals surface area contributed by atoms with Gasteiger partial charge in [-0.25, -0.2) is 0 Å². The second kappa shape index (κ2) is 9.30. The first-order chi connectivity index (χ1) is 12.1. The van der Waals surface area contributed by atoms with E-state index in [0.29, 0.717) is 6.54 Å². The SMILES string of the molecule is CCCNC(=O)CNC(=NC)N1CCN(c2cccc(C)c2C)CC1. The van der Waals surface area contributed by atoms with Crippen molar-refractivity contribution in [1.82, 2.24) is 15.5 Å². The Labute approximate surface area is 151 Å². The molecule has 0 atom stereocenters. The van der Waals surface area contributed by atoms with Gasteiger partial charge in [0.2, 0.25) is 5.91 Å². The standard InChI is InChI=1S/C19H31N5O/c1-5-9-21-18(25)14-22-19(20-4)24-12-10-23(11-13-24)17-8-6-7-15(2)16(17)3/h6-8H,5,9-14H2,1-4H3,(H,20,22)(H,21,25). The number of nitrogens with one attached hydrogen (secondary N) is 2. The highest BCUT2D eigenvalue weighted by molar-refractivity contribution is 5.86. The molecule has 1 amide bonds. The maximum Gasteiger partial charge on any atom is 0.239 e. The topological polar surface area (TPSA) is 60.0 Å². The van der Waals surface area contributed by atoms with Crippen LogP contribution in [0.5, 0.6) is 0 Å². The van der Waals surface area contributed by atoms with E-state index in [1.807, 2.05) is 6.92 Å². The normalized spacial score (nSPS) is 15.3. The number of carbonyl (C=O) groups excluding carboxylic acids is 1. The molecule has 0 unspecified atom stereocenters. The van der Waals surface area contributed by atoms with Crippen LogP contribution in [0, 0.1) is 13.8 Å². The predicted molar refractivity (Wildman–Crippen MR) is 104 cm³/mol. The summed E-state index contributed by atoms with van der Waals surface area (Å²) in [6.07, 6.45) is 0.945. The number of nitrogens with zero attached hydrogens (tertiary/aromatic N) is 3. The van der Waals surface area contributed by atoms with Crippen molar-refractivity contribution in [1.29, 1.82) is 0 Å². The Morgan fingerprint density at radius 1 is 1.16 bits per heavy atom. The summed E-state index contributed by atoms with van der Waals surface area (Å²) in [5.41, 5.74) is 4.00. The summed E-state index contributed by atoms with van der Waals surface area (Å²) in [5.74, 6) is 0.810. The molecular formula is C19H31N5O. The van der Waals surface area contributed by atoms with Crippen LogP contribution in [0.3, 0.4) is 0 Å². The van der Waals surface area contributed by atoms with Crippen LogP contribution in [-0.2, 0) is 4.79 Å². The molecule has 0 bridgehead atoms. The Morgan fingerprint density at radius 3 is 2.52 bits per heavy atom. The molecule has 1 aromatic rings. The van der Waals surface area contributed by atoms with Gasteiger partial charge >= 0.3 is 0 Å². The number of aryl methyl sites for hydroxylation is 1. The van der Waals surface area contributed by atoms with Crippen molar-refractivity contribution >= 4 is 17.6 Å². The lowest BCUT2D eigenvalue weighted by Crippen LogP contribution is -2.53. The number of benzene rings is 1. The van der Waals surface area contributed by atoms with Gasteiger partial charge in [0.05, 0.1) is 6.54 Å². The fourth-order valence-corrected chi connectivity index (χ4v) is 3.06. The van der Waals surface area contributed by atoms with Crippen LogP contribution >= 0.6 is 0 Å². The van der Waals surface area contributed by atoms with Gasteiger partial charge in [-0.3, -0.25) is 9.79 Å². The molecule has 6 nitrogen and oxygen atoms in total. The first kappa shape index (κ1) is 19.1. The van der Waals surface area contributed by atoms with Gasteiger partial charge in [0, 0.05) is 45.5 Å². The fraction of sp³-hybridized carbons (Fsp3) is 0.579. The van der Waals surface area contributed by atoms with Crippen LogP contribution in [0.25, 0.3) is 0 Å². The molecule has 1 fully saturated rings. The minimum absolute atomic E-state index is 0.0111. The number of aliphatic imine (C=N–C) groups is 1. The summed E-state index contributed by atoms with van der Waals surface area (Å²) in [6, 6.07) is 6.48. The van der Waals surface area contributed by atoms with E-state index in [1.54, 1.807) is 7.05 Å². The molecule has 2 rings (SSSR count). The van der Waals surface area contributed by atoms with Gasteiger partial charge in [0.15, 0.2) is 5.96 Å². The molecule has 0 aromatic heterocycles. The molecule has 138 valence electrons. The summed E-state index contributed by atoms with van der Waals surface area (Å²) >= 11 is 0. The molecule has 1 heterocycles. The molecule has 2 N–H and O–H groups in total. The molecule has 0 saturated carbocycles. The van der Waals surface area contributed by atoms with E-state index in [9.17, 15) is 4.79 Å². The zero-order valence-electron chi connectivity index (χ0n) is 15.9. The second-order valence-corrected chi connectivity index (χ2v) is 6.44. The summed E-state index contributed by atoms with van der Waals surface area (Å²) < 4.78 is 0. The molecule has 6 heteroatoms. The minimum Gasteiger partial charge on any atom is -0.368 e. The number of rotatable bonds is 5. The molecule has 1 aliphatic heterocycles. The Bertz CT molecular complexity index is 606. The van der Waals surface area contributed by atoms with Crippen LogP contribution in [0.4, 0.5) is 5.69 Å². The van der Waals surface area contributed by atoms with Gasteiger partial charge in [-0.2, -0.15) is 0 Å². The molecule has 1 aliphatic rings. The van der Waals surface area contributed by atoms with Crippen LogP contribution in [0.1, 0.15) is 24.5 Å². The van der Waals surface area contributed by atoms with Crippen molar-refractivity contribution < 1.29 is 4.79 Å². The monoisotopic (exact) mass is 345 g/mol. The Morgan fingerprint density at radius 2 is 1.88 bits per heavy atom. The third-order valence-corrected chi connectivity index (χ3v) is 4.69. The van der Waals surface area contributed by atoms with E-state index in [0.717, 1.165) is 38.6 Å². The van der Waals surface area contributed by atoms with Gasteiger partial charge in [-0.15, -0.1) is 0 Å². The van der Waals surface area contributed by atoms with Crippen molar-refractivity contribution in [3.05, 3.63) is 29.3 Å². The first-order valence-corrected chi connectivity index (χ1v) is 9.10. The lowest BCUT2D eigenvalue weighted by molar-refractivity contribution is -0.120. The molecule has 0 radical (unpaired) electrons. The third kappa shape index (κ3) is 5.11. The van der Waals surface area contributed by atoms with Gasteiger partial charge in [0.1, 0.15) is 0 Å². The highest BCUT2D eigenvalue weighted by atomic mass is 16.1. The van der Waals surface area contributed by atoms with Gasteiger partial charge in [-0.1, -0.05) is 19.1 Å². The number of anilines is 1. The fourth-order valence-electron chi connectivity index (χ4n) is 3.06. The molecule has 1 saturated heterocycles. The predicted octanol–water partition coefficient (Wildman–Crippen LogP) is 1.53.